The quantitative estimate of drug-likeness (QED) is 0.643. The topological polar surface area (TPSA) is 106 Å². The Hall–Kier alpha value is -2.62. The van der Waals surface area contributed by atoms with Crippen LogP contribution < -0.4 is 0 Å². The Morgan fingerprint density at radius 3 is 2.16 bits per heavy atom. The van der Waals surface area contributed by atoms with Crippen LogP contribution in [-0.4, -0.2) is 70.8 Å². The first-order valence-electron chi connectivity index (χ1n) is 10.2. The van der Waals surface area contributed by atoms with Crippen molar-refractivity contribution in [3.05, 3.63) is 71.3 Å². The summed E-state index contributed by atoms with van der Waals surface area (Å²) in [6.45, 7) is 2.28. The highest BCUT2D eigenvalue weighted by Crippen LogP contribution is 2.32. The van der Waals surface area contributed by atoms with Gasteiger partial charge in [0.25, 0.3) is 11.8 Å². The van der Waals surface area contributed by atoms with Crippen LogP contribution in [0.25, 0.3) is 0 Å². The number of fused-ring (bicyclic) bond motifs is 1. The lowest BCUT2D eigenvalue weighted by atomic mass is 9.95. The number of aliphatic hydroxyl groups is 2. The number of benzene rings is 2. The molecule has 2 aromatic rings. The van der Waals surface area contributed by atoms with Crippen molar-refractivity contribution in [3.63, 3.8) is 0 Å². The van der Waals surface area contributed by atoms with E-state index in [0.717, 1.165) is 10.5 Å². The van der Waals surface area contributed by atoms with Gasteiger partial charge in [-0.1, -0.05) is 42.5 Å². The average molecular weight is 427 g/mol. The number of rotatable bonds is 7. The predicted octanol–water partition coefficient (Wildman–Crippen LogP) is 1.35. The molecule has 0 aromatic heterocycles. The monoisotopic (exact) mass is 427 g/mol. The zero-order valence-corrected chi connectivity index (χ0v) is 17.1. The maximum atomic E-state index is 12.9. The van der Waals surface area contributed by atoms with Gasteiger partial charge in [0, 0.05) is 6.61 Å². The molecule has 2 aliphatic rings. The van der Waals surface area contributed by atoms with Crippen molar-refractivity contribution in [3.8, 4) is 0 Å². The minimum atomic E-state index is -1.46. The van der Waals surface area contributed by atoms with Crippen molar-refractivity contribution in [2.75, 3.05) is 13.2 Å². The molecular weight excluding hydrogens is 402 g/mol. The molecule has 8 nitrogen and oxygen atoms in total. The highest BCUT2D eigenvalue weighted by atomic mass is 16.7. The van der Waals surface area contributed by atoms with Gasteiger partial charge in [0.1, 0.15) is 24.4 Å². The fourth-order valence-electron chi connectivity index (χ4n) is 3.98. The Morgan fingerprint density at radius 2 is 1.55 bits per heavy atom. The molecule has 0 saturated carbocycles. The number of carbonyl (C=O) groups is 2. The van der Waals surface area contributed by atoms with Crippen LogP contribution in [0.2, 0.25) is 0 Å². The second-order valence-corrected chi connectivity index (χ2v) is 7.50. The molecule has 2 aliphatic heterocycles. The fraction of sp³-hybridized carbons (Fsp3) is 0.391. The van der Waals surface area contributed by atoms with Crippen LogP contribution in [-0.2, 0) is 20.8 Å². The average Bonchev–Trinajstić information content (AvgIpc) is 3.03. The van der Waals surface area contributed by atoms with Gasteiger partial charge in [-0.3, -0.25) is 14.5 Å². The number of amides is 2. The molecule has 1 saturated heterocycles. The molecule has 0 unspecified atom stereocenters. The van der Waals surface area contributed by atoms with E-state index in [0.29, 0.717) is 6.61 Å². The lowest BCUT2D eigenvalue weighted by Gasteiger charge is -2.45. The van der Waals surface area contributed by atoms with E-state index >= 15 is 0 Å². The van der Waals surface area contributed by atoms with E-state index in [1.807, 2.05) is 30.3 Å². The van der Waals surface area contributed by atoms with Gasteiger partial charge < -0.3 is 24.4 Å². The summed E-state index contributed by atoms with van der Waals surface area (Å²) in [7, 11) is 0. The van der Waals surface area contributed by atoms with E-state index in [1.165, 1.54) is 0 Å². The molecule has 2 heterocycles. The number of aliphatic hydroxyl groups excluding tert-OH is 2. The fourth-order valence-corrected chi connectivity index (χ4v) is 3.98. The molecule has 0 radical (unpaired) electrons. The summed E-state index contributed by atoms with van der Waals surface area (Å²) in [5.74, 6) is -1.10. The summed E-state index contributed by atoms with van der Waals surface area (Å²) in [5, 5.41) is 21.6. The SMILES string of the molecule is CCO[C@@H]1O[C@H](COCc2ccccc2)[C@@H](O)[C@H](O)[C@H]1N1C(=O)c2ccccc2C1=O. The van der Waals surface area contributed by atoms with Gasteiger partial charge in [-0.15, -0.1) is 0 Å². The minimum absolute atomic E-state index is 0.00549. The molecule has 0 bridgehead atoms. The van der Waals surface area contributed by atoms with Crippen LogP contribution in [0.3, 0.4) is 0 Å². The smallest absolute Gasteiger partial charge is 0.262 e. The van der Waals surface area contributed by atoms with E-state index in [9.17, 15) is 19.8 Å². The van der Waals surface area contributed by atoms with Crippen molar-refractivity contribution in [1.82, 2.24) is 4.90 Å². The van der Waals surface area contributed by atoms with Gasteiger partial charge in [0.05, 0.1) is 24.3 Å². The number of ether oxygens (including phenoxy) is 3. The van der Waals surface area contributed by atoms with Gasteiger partial charge in [-0.2, -0.15) is 0 Å². The number of imide groups is 1. The van der Waals surface area contributed by atoms with Crippen LogP contribution in [0, 0.1) is 0 Å². The summed E-state index contributed by atoms with van der Waals surface area (Å²) in [4.78, 5) is 26.7. The number of hydrogen-bond acceptors (Lipinski definition) is 7. The van der Waals surface area contributed by atoms with Crippen LogP contribution in [0.1, 0.15) is 33.2 Å². The molecule has 2 aromatic carbocycles. The first kappa shape index (κ1) is 21.6. The second kappa shape index (κ2) is 9.25. The van der Waals surface area contributed by atoms with Crippen LogP contribution in [0.15, 0.2) is 54.6 Å². The molecule has 0 spiro atoms. The molecule has 1 fully saturated rings. The number of nitrogens with zero attached hydrogens (tertiary/aromatic N) is 1. The molecule has 4 rings (SSSR count). The predicted molar refractivity (Wildman–Crippen MR) is 109 cm³/mol. The third-order valence-electron chi connectivity index (χ3n) is 5.52. The minimum Gasteiger partial charge on any atom is -0.388 e. The van der Waals surface area contributed by atoms with Crippen LogP contribution in [0.4, 0.5) is 0 Å². The molecule has 2 amide bonds. The van der Waals surface area contributed by atoms with E-state index < -0.39 is 42.5 Å². The Kier molecular flexibility index (Phi) is 6.45. The van der Waals surface area contributed by atoms with E-state index in [4.69, 9.17) is 14.2 Å². The van der Waals surface area contributed by atoms with Gasteiger partial charge in [0.2, 0.25) is 0 Å². The Morgan fingerprint density at radius 1 is 0.935 bits per heavy atom. The lowest BCUT2D eigenvalue weighted by Crippen LogP contribution is -2.65. The molecule has 0 aliphatic carbocycles. The largest absolute Gasteiger partial charge is 0.388 e. The lowest BCUT2D eigenvalue weighted by molar-refractivity contribution is -0.280. The summed E-state index contributed by atoms with van der Waals surface area (Å²) >= 11 is 0. The third kappa shape index (κ3) is 4.13. The summed E-state index contributed by atoms with van der Waals surface area (Å²) in [6.07, 6.45) is -4.82. The van der Waals surface area contributed by atoms with E-state index in [2.05, 4.69) is 0 Å². The molecular formula is C23H25NO7. The van der Waals surface area contributed by atoms with Crippen LogP contribution >= 0.6 is 0 Å². The van der Waals surface area contributed by atoms with Gasteiger partial charge in [0.15, 0.2) is 6.29 Å². The first-order chi connectivity index (χ1) is 15.0. The van der Waals surface area contributed by atoms with Crippen LogP contribution in [0.5, 0.6) is 0 Å². The molecule has 5 atom stereocenters. The van der Waals surface area contributed by atoms with E-state index in [1.54, 1.807) is 31.2 Å². The maximum Gasteiger partial charge on any atom is 0.262 e. The Labute approximate surface area is 180 Å². The van der Waals surface area contributed by atoms with Crippen molar-refractivity contribution >= 4 is 11.8 Å². The van der Waals surface area contributed by atoms with Crippen molar-refractivity contribution in [2.24, 2.45) is 0 Å². The molecule has 2 N–H and O–H groups in total. The maximum absolute atomic E-state index is 12.9. The normalized spacial score (nSPS) is 28.1. The highest BCUT2D eigenvalue weighted by Gasteiger charge is 2.53. The zero-order valence-electron chi connectivity index (χ0n) is 17.1. The Bertz CT molecular complexity index is 900. The summed E-state index contributed by atoms with van der Waals surface area (Å²) < 4.78 is 17.1. The summed E-state index contributed by atoms with van der Waals surface area (Å²) in [6, 6.07) is 14.8. The number of hydrogen-bond donors (Lipinski definition) is 2. The molecule has 164 valence electrons. The van der Waals surface area contributed by atoms with Crippen molar-refractivity contribution in [2.45, 2.75) is 44.2 Å². The van der Waals surface area contributed by atoms with Gasteiger partial charge in [-0.25, -0.2) is 0 Å². The number of carbonyl (C=O) groups excluding carboxylic acids is 2. The zero-order chi connectivity index (χ0) is 22.0. The third-order valence-corrected chi connectivity index (χ3v) is 5.52. The van der Waals surface area contributed by atoms with Crippen molar-refractivity contribution < 1.29 is 34.0 Å². The molecule has 31 heavy (non-hydrogen) atoms. The van der Waals surface area contributed by atoms with Gasteiger partial charge in [-0.05, 0) is 24.6 Å². The first-order valence-corrected chi connectivity index (χ1v) is 10.2. The summed E-state index contributed by atoms with van der Waals surface area (Å²) in [5.41, 5.74) is 1.45. The standard InChI is InChI=1S/C23H25NO7/c1-2-30-23-18(24-21(27)15-10-6-7-11-16(15)22(24)28)20(26)19(25)17(31-23)13-29-12-14-8-4-3-5-9-14/h3-11,17-20,23,25-26H,2,12-13H2,1H3/t17-,18-,19-,20-,23-/m1/s1. The van der Waals surface area contributed by atoms with Crippen molar-refractivity contribution in [1.29, 1.82) is 0 Å². The Balaban J connectivity index is 1.50. The van der Waals surface area contributed by atoms with E-state index in [-0.39, 0.29) is 24.3 Å². The van der Waals surface area contributed by atoms with Gasteiger partial charge >= 0.3 is 0 Å². The molecule has 8 heteroatoms. The highest BCUT2D eigenvalue weighted by molar-refractivity contribution is 6.21. The second-order valence-electron chi connectivity index (χ2n) is 7.50.